The molecule has 0 amide bonds. The molecule has 0 bridgehead atoms. The number of nitrogens with zero attached hydrogens (tertiary/aromatic N) is 1. The van der Waals surface area contributed by atoms with Gasteiger partial charge in [-0.25, -0.2) is 4.98 Å². The molecule has 0 saturated heterocycles. The minimum Gasteiger partial charge on any atom is -0.480 e. The van der Waals surface area contributed by atoms with Crippen LogP contribution < -0.4 is 4.74 Å². The molecule has 62 valence electrons. The molecule has 4 heteroatoms. The number of pyridine rings is 1. The van der Waals surface area contributed by atoms with Crippen molar-refractivity contribution in [2.24, 2.45) is 0 Å². The van der Waals surface area contributed by atoms with E-state index < -0.39 is 0 Å². The highest BCUT2D eigenvalue weighted by Gasteiger charge is 2.07. The molecule has 0 aromatic carbocycles. The highest BCUT2D eigenvalue weighted by Crippen LogP contribution is 2.29. The Bertz CT molecular complexity index is 410. The molecule has 0 radical (unpaired) electrons. The van der Waals surface area contributed by atoms with Crippen molar-refractivity contribution in [3.63, 3.8) is 0 Å². The van der Waals surface area contributed by atoms with E-state index in [9.17, 15) is 0 Å². The fraction of sp³-hybridized carbons (Fsp3) is 0.125. The lowest BCUT2D eigenvalue weighted by atomic mass is 10.3. The van der Waals surface area contributed by atoms with Crippen molar-refractivity contribution in [2.75, 3.05) is 7.11 Å². The SMILES string of the molecule is COc1ncc(Br)c2occc12. The first-order valence-electron chi connectivity index (χ1n) is 3.38. The standard InChI is InChI=1S/C8H6BrNO2/c1-11-8-5-2-3-12-7(5)6(9)4-10-8/h2-4H,1H3. The first kappa shape index (κ1) is 7.61. The van der Waals surface area contributed by atoms with Gasteiger partial charge in [0.25, 0.3) is 0 Å². The maximum Gasteiger partial charge on any atom is 0.224 e. The maximum absolute atomic E-state index is 5.22. The molecule has 12 heavy (non-hydrogen) atoms. The number of hydrogen-bond donors (Lipinski definition) is 0. The van der Waals surface area contributed by atoms with Crippen LogP contribution in [0.2, 0.25) is 0 Å². The predicted molar refractivity (Wildman–Crippen MR) is 48.3 cm³/mol. The van der Waals surface area contributed by atoms with Crippen LogP contribution in [0.15, 0.2) is 27.4 Å². The van der Waals surface area contributed by atoms with Crippen molar-refractivity contribution >= 4 is 26.9 Å². The van der Waals surface area contributed by atoms with Crippen LogP contribution >= 0.6 is 15.9 Å². The fourth-order valence-corrected chi connectivity index (χ4v) is 1.48. The molecule has 2 heterocycles. The third-order valence-electron chi connectivity index (χ3n) is 1.60. The minimum atomic E-state index is 0.585. The monoisotopic (exact) mass is 227 g/mol. The van der Waals surface area contributed by atoms with Gasteiger partial charge in [-0.2, -0.15) is 0 Å². The first-order valence-corrected chi connectivity index (χ1v) is 4.18. The Morgan fingerprint density at radius 1 is 1.58 bits per heavy atom. The van der Waals surface area contributed by atoms with Gasteiger partial charge in [-0.3, -0.25) is 0 Å². The summed E-state index contributed by atoms with van der Waals surface area (Å²) >= 11 is 3.33. The highest BCUT2D eigenvalue weighted by atomic mass is 79.9. The smallest absolute Gasteiger partial charge is 0.224 e. The van der Waals surface area contributed by atoms with E-state index in [2.05, 4.69) is 20.9 Å². The van der Waals surface area contributed by atoms with Gasteiger partial charge in [-0.05, 0) is 22.0 Å². The van der Waals surface area contributed by atoms with Gasteiger partial charge in [0.2, 0.25) is 5.88 Å². The van der Waals surface area contributed by atoms with Gasteiger partial charge in [-0.1, -0.05) is 0 Å². The van der Waals surface area contributed by atoms with Crippen LogP contribution in [0.3, 0.4) is 0 Å². The van der Waals surface area contributed by atoms with E-state index >= 15 is 0 Å². The van der Waals surface area contributed by atoms with Crippen molar-refractivity contribution in [2.45, 2.75) is 0 Å². The second-order valence-corrected chi connectivity index (χ2v) is 3.13. The topological polar surface area (TPSA) is 35.3 Å². The number of hydrogen-bond acceptors (Lipinski definition) is 3. The van der Waals surface area contributed by atoms with E-state index in [1.165, 1.54) is 0 Å². The molecule has 0 saturated carbocycles. The van der Waals surface area contributed by atoms with E-state index in [1.54, 1.807) is 19.6 Å². The van der Waals surface area contributed by atoms with Crippen LogP contribution in [0.25, 0.3) is 11.0 Å². The zero-order valence-electron chi connectivity index (χ0n) is 6.37. The lowest BCUT2D eigenvalue weighted by Gasteiger charge is -1.99. The molecule has 3 nitrogen and oxygen atoms in total. The van der Waals surface area contributed by atoms with Gasteiger partial charge in [0, 0.05) is 6.20 Å². The number of ether oxygens (including phenoxy) is 1. The predicted octanol–water partition coefficient (Wildman–Crippen LogP) is 2.60. The van der Waals surface area contributed by atoms with Crippen molar-refractivity contribution in [3.8, 4) is 5.88 Å². The molecule has 0 N–H and O–H groups in total. The Hall–Kier alpha value is -1.03. The molecular formula is C8H6BrNO2. The van der Waals surface area contributed by atoms with Crippen LogP contribution in [-0.4, -0.2) is 12.1 Å². The van der Waals surface area contributed by atoms with Gasteiger partial charge in [0.1, 0.15) is 0 Å². The third kappa shape index (κ3) is 0.992. The lowest BCUT2D eigenvalue weighted by molar-refractivity contribution is 0.403. The number of methoxy groups -OCH3 is 1. The number of rotatable bonds is 1. The summed E-state index contributed by atoms with van der Waals surface area (Å²) in [5.41, 5.74) is 0.766. The average Bonchev–Trinajstić information content (AvgIpc) is 2.54. The summed E-state index contributed by atoms with van der Waals surface area (Å²) in [4.78, 5) is 4.07. The van der Waals surface area contributed by atoms with Crippen LogP contribution in [0.4, 0.5) is 0 Å². The molecular weight excluding hydrogens is 222 g/mol. The Morgan fingerprint density at radius 3 is 3.17 bits per heavy atom. The normalized spacial score (nSPS) is 10.5. The second kappa shape index (κ2) is 2.79. The lowest BCUT2D eigenvalue weighted by Crippen LogP contribution is -1.86. The summed E-state index contributed by atoms with van der Waals surface area (Å²) in [7, 11) is 1.59. The Morgan fingerprint density at radius 2 is 2.42 bits per heavy atom. The summed E-state index contributed by atoms with van der Waals surface area (Å²) < 4.78 is 11.1. The third-order valence-corrected chi connectivity index (χ3v) is 2.17. The summed E-state index contributed by atoms with van der Waals surface area (Å²) in [5, 5.41) is 0.881. The molecule has 0 unspecified atom stereocenters. The van der Waals surface area contributed by atoms with Crippen LogP contribution in [0.5, 0.6) is 5.88 Å². The van der Waals surface area contributed by atoms with Crippen molar-refractivity contribution in [1.29, 1.82) is 0 Å². The highest BCUT2D eigenvalue weighted by molar-refractivity contribution is 9.10. The Labute approximate surface area is 77.5 Å². The summed E-state index contributed by atoms with van der Waals surface area (Å²) in [6.45, 7) is 0. The largest absolute Gasteiger partial charge is 0.480 e. The molecule has 0 aliphatic heterocycles. The van der Waals surface area contributed by atoms with Gasteiger partial charge >= 0.3 is 0 Å². The second-order valence-electron chi connectivity index (χ2n) is 2.28. The zero-order chi connectivity index (χ0) is 8.55. The van der Waals surface area contributed by atoms with E-state index in [-0.39, 0.29) is 0 Å². The quantitative estimate of drug-likeness (QED) is 0.752. The Kier molecular flexibility index (Phi) is 1.77. The van der Waals surface area contributed by atoms with E-state index in [0.717, 1.165) is 15.4 Å². The first-order chi connectivity index (χ1) is 5.83. The van der Waals surface area contributed by atoms with E-state index in [1.807, 2.05) is 6.07 Å². The zero-order valence-corrected chi connectivity index (χ0v) is 7.96. The van der Waals surface area contributed by atoms with Gasteiger partial charge in [0.05, 0.1) is 23.2 Å². The van der Waals surface area contributed by atoms with Crippen molar-refractivity contribution in [1.82, 2.24) is 4.98 Å². The molecule has 0 aliphatic rings. The minimum absolute atomic E-state index is 0.585. The van der Waals surface area contributed by atoms with Crippen LogP contribution in [0.1, 0.15) is 0 Å². The summed E-state index contributed by atoms with van der Waals surface area (Å²) in [6, 6.07) is 1.83. The molecule has 2 aromatic rings. The number of furan rings is 1. The molecule has 2 aromatic heterocycles. The average molecular weight is 228 g/mol. The summed E-state index contributed by atoms with van der Waals surface area (Å²) in [5.74, 6) is 0.585. The molecule has 0 fully saturated rings. The van der Waals surface area contributed by atoms with Gasteiger partial charge < -0.3 is 9.15 Å². The van der Waals surface area contributed by atoms with E-state index in [0.29, 0.717) is 5.88 Å². The fourth-order valence-electron chi connectivity index (χ4n) is 1.07. The van der Waals surface area contributed by atoms with Crippen molar-refractivity contribution in [3.05, 3.63) is 23.0 Å². The number of aromatic nitrogens is 1. The summed E-state index contributed by atoms with van der Waals surface area (Å²) in [6.07, 6.45) is 3.27. The Balaban J connectivity index is 2.82. The molecule has 0 aliphatic carbocycles. The van der Waals surface area contributed by atoms with Crippen LogP contribution in [-0.2, 0) is 0 Å². The van der Waals surface area contributed by atoms with Gasteiger partial charge in [0.15, 0.2) is 5.58 Å². The molecule has 2 rings (SSSR count). The van der Waals surface area contributed by atoms with Gasteiger partial charge in [-0.15, -0.1) is 0 Å². The maximum atomic E-state index is 5.22. The molecule has 0 atom stereocenters. The molecule has 0 spiro atoms. The van der Waals surface area contributed by atoms with Crippen LogP contribution in [0, 0.1) is 0 Å². The number of halogens is 1. The van der Waals surface area contributed by atoms with E-state index in [4.69, 9.17) is 9.15 Å². The number of fused-ring (bicyclic) bond motifs is 1. The van der Waals surface area contributed by atoms with Crippen molar-refractivity contribution < 1.29 is 9.15 Å².